The van der Waals surface area contributed by atoms with Crippen molar-refractivity contribution in [1.82, 2.24) is 9.97 Å². The summed E-state index contributed by atoms with van der Waals surface area (Å²) >= 11 is 0. The van der Waals surface area contributed by atoms with E-state index in [9.17, 15) is 8.42 Å². The summed E-state index contributed by atoms with van der Waals surface area (Å²) in [6.07, 6.45) is 2.65. The molecule has 1 heterocycles. The first-order valence-electron chi connectivity index (χ1n) is 7.73. The van der Waals surface area contributed by atoms with Crippen LogP contribution in [0.5, 0.6) is 0 Å². The minimum Gasteiger partial charge on any atom is -0.380 e. The number of anilines is 1. The number of fused-ring (bicyclic) bond motifs is 1. The lowest BCUT2D eigenvalue weighted by Crippen LogP contribution is -2.06. The number of nitrogens with zero attached hydrogens (tertiary/aromatic N) is 2. The van der Waals surface area contributed by atoms with Crippen LogP contribution in [-0.4, -0.2) is 31.8 Å². The summed E-state index contributed by atoms with van der Waals surface area (Å²) in [7, 11) is -1.63. The summed E-state index contributed by atoms with van der Waals surface area (Å²) in [5.74, 6) is 0.600. The third kappa shape index (κ3) is 3.94. The average Bonchev–Trinajstić information content (AvgIpc) is 2.60. The van der Waals surface area contributed by atoms with Crippen LogP contribution in [0.3, 0.4) is 0 Å². The van der Waals surface area contributed by atoms with Gasteiger partial charge in [0.2, 0.25) is 0 Å². The highest BCUT2D eigenvalue weighted by Gasteiger charge is 2.11. The Kier molecular flexibility index (Phi) is 4.96. The molecule has 7 heteroatoms. The van der Waals surface area contributed by atoms with Crippen LogP contribution in [0.25, 0.3) is 10.9 Å². The molecule has 130 valence electrons. The molecule has 0 saturated carbocycles. The Morgan fingerprint density at radius 1 is 1.08 bits per heavy atom. The molecule has 3 aromatic rings. The second kappa shape index (κ2) is 7.16. The molecule has 0 fully saturated rings. The van der Waals surface area contributed by atoms with Gasteiger partial charge in [0.15, 0.2) is 9.84 Å². The average molecular weight is 357 g/mol. The number of hydrogen-bond donors (Lipinski definition) is 1. The summed E-state index contributed by atoms with van der Waals surface area (Å²) in [6, 6.07) is 12.8. The van der Waals surface area contributed by atoms with Crippen LogP contribution in [0.4, 0.5) is 5.82 Å². The predicted molar refractivity (Wildman–Crippen MR) is 97.1 cm³/mol. The molecule has 0 unspecified atom stereocenters. The number of benzene rings is 2. The van der Waals surface area contributed by atoms with Gasteiger partial charge in [0, 0.05) is 25.3 Å². The van der Waals surface area contributed by atoms with E-state index in [2.05, 4.69) is 15.3 Å². The van der Waals surface area contributed by atoms with Crippen molar-refractivity contribution < 1.29 is 13.2 Å². The van der Waals surface area contributed by atoms with Gasteiger partial charge in [-0.05, 0) is 29.3 Å². The van der Waals surface area contributed by atoms with Crippen LogP contribution in [0, 0.1) is 0 Å². The Morgan fingerprint density at radius 3 is 2.56 bits per heavy atom. The maximum atomic E-state index is 11.8. The van der Waals surface area contributed by atoms with Gasteiger partial charge in [-0.25, -0.2) is 18.4 Å². The molecular weight excluding hydrogens is 338 g/mol. The largest absolute Gasteiger partial charge is 0.380 e. The standard InChI is InChI=1S/C18H19N3O3S/c1-24-11-14-6-4-3-5-13(14)10-19-18-16-9-15(25(2,22)23)7-8-17(16)20-12-21-18/h3-9,12H,10-11H2,1-2H3,(H,19,20,21). The normalized spacial score (nSPS) is 11.6. The molecule has 25 heavy (non-hydrogen) atoms. The number of hydrogen-bond acceptors (Lipinski definition) is 6. The first-order chi connectivity index (χ1) is 12.0. The van der Waals surface area contributed by atoms with Crippen LogP contribution in [0.15, 0.2) is 53.7 Å². The summed E-state index contributed by atoms with van der Waals surface area (Å²) in [6.45, 7) is 1.08. The van der Waals surface area contributed by atoms with Crippen molar-refractivity contribution in [2.45, 2.75) is 18.0 Å². The molecule has 2 aromatic carbocycles. The van der Waals surface area contributed by atoms with E-state index in [4.69, 9.17) is 4.74 Å². The molecule has 0 bridgehead atoms. The quantitative estimate of drug-likeness (QED) is 0.731. The molecule has 0 amide bonds. The van der Waals surface area contributed by atoms with Crippen molar-refractivity contribution in [1.29, 1.82) is 0 Å². The highest BCUT2D eigenvalue weighted by atomic mass is 32.2. The Hall–Kier alpha value is -2.51. The van der Waals surface area contributed by atoms with Crippen molar-refractivity contribution in [3.05, 3.63) is 59.9 Å². The summed E-state index contributed by atoms with van der Waals surface area (Å²) in [4.78, 5) is 8.72. The van der Waals surface area contributed by atoms with Gasteiger partial charge in [0.1, 0.15) is 12.1 Å². The van der Waals surface area contributed by atoms with Crippen LogP contribution in [-0.2, 0) is 27.7 Å². The number of ether oxygens (including phenoxy) is 1. The molecule has 1 N–H and O–H groups in total. The van der Waals surface area contributed by atoms with Crippen molar-refractivity contribution >= 4 is 26.6 Å². The monoisotopic (exact) mass is 357 g/mol. The first kappa shape index (κ1) is 17.3. The zero-order valence-corrected chi connectivity index (χ0v) is 14.9. The van der Waals surface area contributed by atoms with Crippen molar-refractivity contribution in [2.24, 2.45) is 0 Å². The van der Waals surface area contributed by atoms with E-state index in [1.54, 1.807) is 25.3 Å². The second-order valence-corrected chi connectivity index (χ2v) is 7.74. The van der Waals surface area contributed by atoms with Gasteiger partial charge < -0.3 is 10.1 Å². The molecule has 0 aliphatic rings. The summed E-state index contributed by atoms with van der Waals surface area (Å²) in [5, 5.41) is 3.96. The highest BCUT2D eigenvalue weighted by molar-refractivity contribution is 7.90. The lowest BCUT2D eigenvalue weighted by molar-refractivity contribution is 0.184. The molecule has 0 atom stereocenters. The molecule has 0 radical (unpaired) electrons. The first-order valence-corrected chi connectivity index (χ1v) is 9.62. The van der Waals surface area contributed by atoms with Gasteiger partial charge in [0.05, 0.1) is 17.0 Å². The van der Waals surface area contributed by atoms with Crippen LogP contribution in [0.1, 0.15) is 11.1 Å². The van der Waals surface area contributed by atoms with E-state index in [0.29, 0.717) is 29.9 Å². The lowest BCUT2D eigenvalue weighted by atomic mass is 10.1. The molecule has 0 aliphatic carbocycles. The van der Waals surface area contributed by atoms with Crippen molar-refractivity contribution in [3.8, 4) is 0 Å². The number of rotatable bonds is 6. The zero-order valence-electron chi connectivity index (χ0n) is 14.1. The molecular formula is C18H19N3O3S. The smallest absolute Gasteiger partial charge is 0.175 e. The Morgan fingerprint density at radius 2 is 1.84 bits per heavy atom. The third-order valence-electron chi connectivity index (χ3n) is 3.90. The van der Waals surface area contributed by atoms with Crippen LogP contribution < -0.4 is 5.32 Å². The fourth-order valence-corrected chi connectivity index (χ4v) is 3.26. The minimum absolute atomic E-state index is 0.248. The van der Waals surface area contributed by atoms with Gasteiger partial charge >= 0.3 is 0 Å². The Balaban J connectivity index is 1.94. The van der Waals surface area contributed by atoms with E-state index < -0.39 is 9.84 Å². The number of sulfone groups is 1. The van der Waals surface area contributed by atoms with Crippen molar-refractivity contribution in [2.75, 3.05) is 18.7 Å². The summed E-state index contributed by atoms with van der Waals surface area (Å²) < 4.78 is 28.8. The maximum absolute atomic E-state index is 11.8. The molecule has 1 aromatic heterocycles. The molecule has 3 rings (SSSR count). The number of nitrogens with one attached hydrogen (secondary N) is 1. The van der Waals surface area contributed by atoms with E-state index in [1.165, 1.54) is 12.6 Å². The SMILES string of the molecule is COCc1ccccc1CNc1ncnc2ccc(S(C)(=O)=O)cc12. The minimum atomic E-state index is -3.29. The predicted octanol–water partition coefficient (Wildman–Crippen LogP) is 2.79. The van der Waals surface area contributed by atoms with Gasteiger partial charge in [-0.2, -0.15) is 0 Å². The fourth-order valence-electron chi connectivity index (χ4n) is 2.61. The van der Waals surface area contributed by atoms with Gasteiger partial charge in [-0.3, -0.25) is 0 Å². The second-order valence-electron chi connectivity index (χ2n) is 5.73. The van der Waals surface area contributed by atoms with Crippen LogP contribution >= 0.6 is 0 Å². The third-order valence-corrected chi connectivity index (χ3v) is 5.01. The van der Waals surface area contributed by atoms with Gasteiger partial charge in [-0.15, -0.1) is 0 Å². The number of methoxy groups -OCH3 is 1. The van der Waals surface area contributed by atoms with Crippen LogP contribution in [0.2, 0.25) is 0 Å². The zero-order chi connectivity index (χ0) is 17.9. The molecule has 0 saturated heterocycles. The molecule has 0 spiro atoms. The van der Waals surface area contributed by atoms with Gasteiger partial charge in [-0.1, -0.05) is 24.3 Å². The summed E-state index contributed by atoms with van der Waals surface area (Å²) in [5.41, 5.74) is 2.87. The Bertz CT molecular complexity index is 1000. The van der Waals surface area contributed by atoms with Crippen molar-refractivity contribution in [3.63, 3.8) is 0 Å². The number of aromatic nitrogens is 2. The van der Waals surface area contributed by atoms with E-state index in [1.807, 2.05) is 24.3 Å². The Labute approximate surface area is 146 Å². The van der Waals surface area contributed by atoms with Gasteiger partial charge in [0.25, 0.3) is 0 Å². The molecule has 6 nitrogen and oxygen atoms in total. The van der Waals surface area contributed by atoms with E-state index >= 15 is 0 Å². The highest BCUT2D eigenvalue weighted by Crippen LogP contribution is 2.23. The fraction of sp³-hybridized carbons (Fsp3) is 0.222. The maximum Gasteiger partial charge on any atom is 0.175 e. The van der Waals surface area contributed by atoms with E-state index in [-0.39, 0.29) is 4.90 Å². The van der Waals surface area contributed by atoms with E-state index in [0.717, 1.165) is 11.1 Å². The topological polar surface area (TPSA) is 81.2 Å². The molecule has 0 aliphatic heterocycles. The lowest BCUT2D eigenvalue weighted by Gasteiger charge is -2.12.